The number of carbonyl (C=O) groups is 1. The molecule has 0 spiro atoms. The van der Waals surface area contributed by atoms with Crippen LogP contribution in [0.3, 0.4) is 0 Å². The molecule has 0 N–H and O–H groups in total. The quantitative estimate of drug-likeness (QED) is 0.632. The maximum absolute atomic E-state index is 11.6. The van der Waals surface area contributed by atoms with Gasteiger partial charge in [0.2, 0.25) is 0 Å². The van der Waals surface area contributed by atoms with Crippen LogP contribution in [0, 0.1) is 5.92 Å². The van der Waals surface area contributed by atoms with E-state index in [9.17, 15) is 4.79 Å². The Hall–Kier alpha value is -0.0100. The molecular formula is C11H14Cl2O. The molecule has 14 heavy (non-hydrogen) atoms. The number of alkyl halides is 2. The van der Waals surface area contributed by atoms with Crippen LogP contribution >= 0.6 is 23.2 Å². The number of hydrogen-bond donors (Lipinski definition) is 0. The molecule has 0 amide bonds. The van der Waals surface area contributed by atoms with E-state index < -0.39 is 4.33 Å². The summed E-state index contributed by atoms with van der Waals surface area (Å²) in [5.74, 6) is 0.470. The van der Waals surface area contributed by atoms with Crippen LogP contribution in [0.25, 0.3) is 0 Å². The second-order valence-corrected chi connectivity index (χ2v) is 5.72. The fourth-order valence-electron chi connectivity index (χ4n) is 2.68. The summed E-state index contributed by atoms with van der Waals surface area (Å²) in [6.45, 7) is 2.08. The summed E-state index contributed by atoms with van der Waals surface area (Å²) in [4.78, 5) is 11.6. The average Bonchev–Trinajstić information content (AvgIpc) is 2.37. The molecule has 0 radical (unpaired) electrons. The Labute approximate surface area is 94.5 Å². The lowest BCUT2D eigenvalue weighted by Crippen LogP contribution is -2.20. The molecule has 2 rings (SSSR count). The van der Waals surface area contributed by atoms with E-state index in [4.69, 9.17) is 23.2 Å². The molecule has 0 aromatic heterocycles. The fraction of sp³-hybridized carbons (Fsp3) is 0.727. The van der Waals surface area contributed by atoms with E-state index in [0.717, 1.165) is 24.8 Å². The molecule has 0 aliphatic heterocycles. The van der Waals surface area contributed by atoms with Crippen LogP contribution in [0.15, 0.2) is 11.1 Å². The summed E-state index contributed by atoms with van der Waals surface area (Å²) in [6.07, 6.45) is 4.15. The number of carbonyl (C=O) groups excluding carboxylic acids is 1. The molecule has 3 heteroatoms. The van der Waals surface area contributed by atoms with Crippen molar-refractivity contribution < 1.29 is 4.79 Å². The lowest BCUT2D eigenvalue weighted by atomic mass is 9.88. The number of rotatable bonds is 1. The third-order valence-electron chi connectivity index (χ3n) is 3.33. The monoisotopic (exact) mass is 232 g/mol. The van der Waals surface area contributed by atoms with Crippen LogP contribution in [0.4, 0.5) is 0 Å². The normalized spacial score (nSPS) is 30.8. The Morgan fingerprint density at radius 3 is 2.79 bits per heavy atom. The first-order valence-electron chi connectivity index (χ1n) is 5.19. The lowest BCUT2D eigenvalue weighted by Gasteiger charge is -2.23. The first-order chi connectivity index (χ1) is 6.56. The maximum atomic E-state index is 11.6. The zero-order valence-corrected chi connectivity index (χ0v) is 9.79. The van der Waals surface area contributed by atoms with E-state index in [-0.39, 0.29) is 11.7 Å². The van der Waals surface area contributed by atoms with Gasteiger partial charge in [-0.2, -0.15) is 0 Å². The molecule has 0 bridgehead atoms. The molecule has 78 valence electrons. The van der Waals surface area contributed by atoms with Crippen molar-refractivity contribution in [1.82, 2.24) is 0 Å². The van der Waals surface area contributed by atoms with Crippen LogP contribution in [0.2, 0.25) is 0 Å². The Morgan fingerprint density at radius 2 is 2.14 bits per heavy atom. The van der Waals surface area contributed by atoms with Crippen molar-refractivity contribution in [2.45, 2.75) is 43.4 Å². The Morgan fingerprint density at radius 1 is 1.43 bits per heavy atom. The maximum Gasteiger partial charge on any atom is 0.158 e. The highest BCUT2D eigenvalue weighted by atomic mass is 35.5. The number of halogens is 2. The van der Waals surface area contributed by atoms with Gasteiger partial charge in [-0.3, -0.25) is 4.79 Å². The summed E-state index contributed by atoms with van der Waals surface area (Å²) in [7, 11) is 0. The Bertz CT molecular complexity index is 304. The Balaban J connectivity index is 2.36. The predicted molar refractivity (Wildman–Crippen MR) is 58.7 cm³/mol. The molecule has 1 nitrogen and oxygen atoms in total. The van der Waals surface area contributed by atoms with E-state index in [1.807, 2.05) is 0 Å². The molecule has 0 saturated heterocycles. The molecule has 0 heterocycles. The third-order valence-corrected chi connectivity index (χ3v) is 4.12. The molecule has 0 aromatic carbocycles. The summed E-state index contributed by atoms with van der Waals surface area (Å²) in [5, 5.41) is 0. The van der Waals surface area contributed by atoms with Gasteiger partial charge in [0.25, 0.3) is 0 Å². The summed E-state index contributed by atoms with van der Waals surface area (Å²) in [6, 6.07) is 0. The summed E-state index contributed by atoms with van der Waals surface area (Å²) >= 11 is 12.5. The van der Waals surface area contributed by atoms with Gasteiger partial charge in [0.1, 0.15) is 4.33 Å². The molecule has 2 aliphatic carbocycles. The van der Waals surface area contributed by atoms with Crippen LogP contribution < -0.4 is 0 Å². The van der Waals surface area contributed by atoms with Crippen molar-refractivity contribution in [1.29, 1.82) is 0 Å². The second kappa shape index (κ2) is 3.53. The minimum absolute atomic E-state index is 0.199. The molecule has 1 unspecified atom stereocenters. The minimum atomic E-state index is -0.723. The first-order valence-corrected chi connectivity index (χ1v) is 5.94. The van der Waals surface area contributed by atoms with E-state index in [1.165, 1.54) is 5.57 Å². The van der Waals surface area contributed by atoms with E-state index in [0.29, 0.717) is 12.8 Å². The third kappa shape index (κ3) is 1.51. The van der Waals surface area contributed by atoms with Crippen molar-refractivity contribution in [2.24, 2.45) is 5.92 Å². The smallest absolute Gasteiger partial charge is 0.158 e. The number of ketones is 1. The Kier molecular flexibility index (Phi) is 2.65. The van der Waals surface area contributed by atoms with Gasteiger partial charge in [-0.05, 0) is 24.8 Å². The van der Waals surface area contributed by atoms with Gasteiger partial charge in [-0.1, -0.05) is 12.5 Å². The van der Waals surface area contributed by atoms with Gasteiger partial charge in [-0.25, -0.2) is 0 Å². The van der Waals surface area contributed by atoms with Gasteiger partial charge >= 0.3 is 0 Å². The number of allylic oxidation sites excluding steroid dienone is 2. The van der Waals surface area contributed by atoms with Crippen molar-refractivity contribution >= 4 is 29.0 Å². The molecule has 0 saturated carbocycles. The van der Waals surface area contributed by atoms with Gasteiger partial charge in [0.15, 0.2) is 5.78 Å². The van der Waals surface area contributed by atoms with Crippen molar-refractivity contribution in [3.05, 3.63) is 11.1 Å². The SMILES string of the molecule is CCC1C2=C(CC1(Cl)Cl)C(=O)CCC2. The van der Waals surface area contributed by atoms with Gasteiger partial charge in [0, 0.05) is 18.8 Å². The van der Waals surface area contributed by atoms with E-state index in [2.05, 4.69) is 6.92 Å². The summed E-state index contributed by atoms with van der Waals surface area (Å²) < 4.78 is -0.723. The highest BCUT2D eigenvalue weighted by Crippen LogP contribution is 2.52. The predicted octanol–water partition coefficient (Wildman–Crippen LogP) is 3.64. The van der Waals surface area contributed by atoms with Gasteiger partial charge in [0.05, 0.1) is 0 Å². The first kappa shape index (κ1) is 10.5. The number of Topliss-reactive ketones (excluding diaryl/α,β-unsaturated/α-hetero) is 1. The van der Waals surface area contributed by atoms with Crippen molar-refractivity contribution in [3.8, 4) is 0 Å². The number of hydrogen-bond acceptors (Lipinski definition) is 1. The standard InChI is InChI=1S/C11H14Cl2O/c1-2-9-7-4-3-5-10(14)8(7)6-11(9,12)13/h9H,2-6H2,1H3. The zero-order valence-electron chi connectivity index (χ0n) is 8.28. The highest BCUT2D eigenvalue weighted by Gasteiger charge is 2.46. The molecular weight excluding hydrogens is 219 g/mol. The highest BCUT2D eigenvalue weighted by molar-refractivity contribution is 6.49. The van der Waals surface area contributed by atoms with Crippen LogP contribution in [0.1, 0.15) is 39.0 Å². The topological polar surface area (TPSA) is 17.1 Å². The average molecular weight is 233 g/mol. The molecule has 1 atom stereocenters. The largest absolute Gasteiger partial charge is 0.295 e. The van der Waals surface area contributed by atoms with Crippen molar-refractivity contribution in [3.63, 3.8) is 0 Å². The minimum Gasteiger partial charge on any atom is -0.295 e. The van der Waals surface area contributed by atoms with Gasteiger partial charge in [-0.15, -0.1) is 23.2 Å². The van der Waals surface area contributed by atoms with Crippen LogP contribution in [-0.2, 0) is 4.79 Å². The molecule has 2 aliphatic rings. The van der Waals surface area contributed by atoms with Crippen LogP contribution in [0.5, 0.6) is 0 Å². The molecule has 0 aromatic rings. The van der Waals surface area contributed by atoms with E-state index >= 15 is 0 Å². The van der Waals surface area contributed by atoms with Crippen LogP contribution in [-0.4, -0.2) is 10.1 Å². The second-order valence-electron chi connectivity index (χ2n) is 4.18. The fourth-order valence-corrected chi connectivity index (χ4v) is 3.52. The van der Waals surface area contributed by atoms with Crippen molar-refractivity contribution in [2.75, 3.05) is 0 Å². The lowest BCUT2D eigenvalue weighted by molar-refractivity contribution is -0.116. The zero-order chi connectivity index (χ0) is 10.3. The molecule has 0 fully saturated rings. The van der Waals surface area contributed by atoms with E-state index in [1.54, 1.807) is 0 Å². The summed E-state index contributed by atoms with van der Waals surface area (Å²) in [5.41, 5.74) is 2.18. The van der Waals surface area contributed by atoms with Gasteiger partial charge < -0.3 is 0 Å².